The fourth-order valence-corrected chi connectivity index (χ4v) is 4.23. The number of fused-ring (bicyclic) bond motifs is 3. The van der Waals surface area contributed by atoms with Crippen LogP contribution in [0.2, 0.25) is 0 Å². The van der Waals surface area contributed by atoms with E-state index in [0.29, 0.717) is 47.7 Å². The molecule has 0 saturated heterocycles. The summed E-state index contributed by atoms with van der Waals surface area (Å²) in [6, 6.07) is 8.15. The van der Waals surface area contributed by atoms with Gasteiger partial charge in [-0.15, -0.1) is 0 Å². The fourth-order valence-electron chi connectivity index (χ4n) is 3.67. The van der Waals surface area contributed by atoms with Crippen LogP contribution in [0.4, 0.5) is 4.39 Å². The van der Waals surface area contributed by atoms with Crippen molar-refractivity contribution >= 4 is 32.7 Å². The minimum absolute atomic E-state index is 0.0987. The number of carbonyl (C=O) groups is 1. The Morgan fingerprint density at radius 2 is 2.14 bits per heavy atom. The predicted molar refractivity (Wildman–Crippen MR) is 109 cm³/mol. The van der Waals surface area contributed by atoms with Gasteiger partial charge in [0.2, 0.25) is 0 Å². The standard InChI is InChI=1S/C21H20BrFN2O3/c1-3-28-20-16(22)8-12(9-19(20)27-2)21(26)25-7-6-18-15(11-25)14-10-13(23)4-5-17(14)24-18/h4-5,8-10,24H,3,6-7,11H2,1-2H3. The SMILES string of the molecule is CCOc1c(Br)cc(C(=O)N2CCc3[nH]c4ccc(F)cc4c3C2)cc1OC. The third-order valence-electron chi connectivity index (χ3n) is 4.99. The van der Waals surface area contributed by atoms with E-state index in [0.717, 1.165) is 22.2 Å². The van der Waals surface area contributed by atoms with Crippen molar-refractivity contribution in [2.75, 3.05) is 20.3 Å². The molecule has 28 heavy (non-hydrogen) atoms. The maximum Gasteiger partial charge on any atom is 0.254 e. The highest BCUT2D eigenvalue weighted by Crippen LogP contribution is 2.37. The second kappa shape index (κ2) is 7.47. The molecule has 0 spiro atoms. The number of aromatic nitrogens is 1. The van der Waals surface area contributed by atoms with Gasteiger partial charge < -0.3 is 19.4 Å². The van der Waals surface area contributed by atoms with Gasteiger partial charge in [0.05, 0.1) is 18.2 Å². The molecule has 4 rings (SSSR count). The number of methoxy groups -OCH3 is 1. The molecule has 2 aromatic carbocycles. The molecule has 0 atom stereocenters. The highest BCUT2D eigenvalue weighted by Gasteiger charge is 2.26. The summed E-state index contributed by atoms with van der Waals surface area (Å²) >= 11 is 3.47. The zero-order valence-corrected chi connectivity index (χ0v) is 17.2. The first-order chi connectivity index (χ1) is 13.5. The molecule has 0 saturated carbocycles. The molecule has 0 bridgehead atoms. The summed E-state index contributed by atoms with van der Waals surface area (Å²) in [4.78, 5) is 18.3. The van der Waals surface area contributed by atoms with Crippen molar-refractivity contribution in [3.8, 4) is 11.5 Å². The Morgan fingerprint density at radius 1 is 1.32 bits per heavy atom. The van der Waals surface area contributed by atoms with Crippen LogP contribution in [-0.2, 0) is 13.0 Å². The van der Waals surface area contributed by atoms with Crippen molar-refractivity contribution in [2.45, 2.75) is 19.9 Å². The quantitative estimate of drug-likeness (QED) is 0.632. The van der Waals surface area contributed by atoms with Crippen molar-refractivity contribution in [3.05, 3.63) is 57.4 Å². The van der Waals surface area contributed by atoms with E-state index in [-0.39, 0.29) is 11.7 Å². The third kappa shape index (κ3) is 3.24. The van der Waals surface area contributed by atoms with E-state index in [1.165, 1.54) is 12.1 Å². The summed E-state index contributed by atoms with van der Waals surface area (Å²) in [7, 11) is 1.55. The second-order valence-electron chi connectivity index (χ2n) is 6.67. The summed E-state index contributed by atoms with van der Waals surface area (Å²) < 4.78 is 25.4. The first-order valence-electron chi connectivity index (χ1n) is 9.10. The average Bonchev–Trinajstić information content (AvgIpc) is 3.06. The molecule has 0 radical (unpaired) electrons. The number of halogens is 2. The predicted octanol–water partition coefficient (Wildman–Crippen LogP) is 4.68. The number of amides is 1. The number of nitrogens with one attached hydrogen (secondary N) is 1. The maximum atomic E-state index is 13.7. The van der Waals surface area contributed by atoms with E-state index in [9.17, 15) is 9.18 Å². The summed E-state index contributed by atoms with van der Waals surface area (Å²) in [5.74, 6) is 0.706. The van der Waals surface area contributed by atoms with Crippen LogP contribution in [0.5, 0.6) is 11.5 Å². The van der Waals surface area contributed by atoms with E-state index < -0.39 is 0 Å². The molecule has 1 amide bonds. The molecular formula is C21H20BrFN2O3. The van der Waals surface area contributed by atoms with Crippen molar-refractivity contribution < 1.29 is 18.7 Å². The van der Waals surface area contributed by atoms with Gasteiger partial charge in [0.1, 0.15) is 5.82 Å². The Kier molecular flexibility index (Phi) is 5.02. The van der Waals surface area contributed by atoms with Gasteiger partial charge in [-0.05, 0) is 53.2 Å². The van der Waals surface area contributed by atoms with Crippen LogP contribution in [0.25, 0.3) is 10.9 Å². The summed E-state index contributed by atoms with van der Waals surface area (Å²) in [6.45, 7) is 3.41. The topological polar surface area (TPSA) is 54.6 Å². The van der Waals surface area contributed by atoms with Gasteiger partial charge in [-0.1, -0.05) is 0 Å². The fraction of sp³-hybridized carbons (Fsp3) is 0.286. The van der Waals surface area contributed by atoms with Crippen LogP contribution in [0.1, 0.15) is 28.5 Å². The number of H-pyrrole nitrogens is 1. The van der Waals surface area contributed by atoms with Crippen molar-refractivity contribution in [1.29, 1.82) is 0 Å². The smallest absolute Gasteiger partial charge is 0.254 e. The number of nitrogens with zero attached hydrogens (tertiary/aromatic N) is 1. The van der Waals surface area contributed by atoms with Crippen LogP contribution < -0.4 is 9.47 Å². The molecule has 1 aliphatic rings. The zero-order valence-electron chi connectivity index (χ0n) is 15.6. The monoisotopic (exact) mass is 446 g/mol. The molecule has 0 unspecified atom stereocenters. The minimum Gasteiger partial charge on any atom is -0.493 e. The molecule has 0 aliphatic carbocycles. The second-order valence-corrected chi connectivity index (χ2v) is 7.53. The Labute approximate surface area is 170 Å². The Bertz CT molecular complexity index is 1060. The number of carbonyl (C=O) groups excluding carboxylic acids is 1. The van der Waals surface area contributed by atoms with Gasteiger partial charge in [0.25, 0.3) is 5.91 Å². The molecule has 146 valence electrons. The summed E-state index contributed by atoms with van der Waals surface area (Å²) in [5.41, 5.74) is 3.45. The van der Waals surface area contributed by atoms with Gasteiger partial charge in [-0.3, -0.25) is 4.79 Å². The van der Waals surface area contributed by atoms with E-state index in [4.69, 9.17) is 9.47 Å². The summed E-state index contributed by atoms with van der Waals surface area (Å²) in [6.07, 6.45) is 0.701. The van der Waals surface area contributed by atoms with Crippen LogP contribution in [0.15, 0.2) is 34.8 Å². The Morgan fingerprint density at radius 3 is 2.89 bits per heavy atom. The highest BCUT2D eigenvalue weighted by atomic mass is 79.9. The molecule has 7 heteroatoms. The first kappa shape index (κ1) is 18.8. The van der Waals surface area contributed by atoms with Crippen molar-refractivity contribution in [2.24, 2.45) is 0 Å². The lowest BCUT2D eigenvalue weighted by Crippen LogP contribution is -2.35. The van der Waals surface area contributed by atoms with Gasteiger partial charge >= 0.3 is 0 Å². The van der Waals surface area contributed by atoms with E-state index in [1.54, 1.807) is 30.2 Å². The molecule has 1 aromatic heterocycles. The molecule has 2 heterocycles. The van der Waals surface area contributed by atoms with E-state index >= 15 is 0 Å². The van der Waals surface area contributed by atoms with Gasteiger partial charge in [-0.25, -0.2) is 4.39 Å². The average molecular weight is 447 g/mol. The van der Waals surface area contributed by atoms with Crippen molar-refractivity contribution in [1.82, 2.24) is 9.88 Å². The lowest BCUT2D eigenvalue weighted by molar-refractivity contribution is 0.0734. The summed E-state index contributed by atoms with van der Waals surface area (Å²) in [5, 5.41) is 0.831. The van der Waals surface area contributed by atoms with Gasteiger partial charge in [0.15, 0.2) is 11.5 Å². The van der Waals surface area contributed by atoms with E-state index in [1.807, 2.05) is 6.92 Å². The number of benzene rings is 2. The van der Waals surface area contributed by atoms with Crippen LogP contribution in [0, 0.1) is 5.82 Å². The van der Waals surface area contributed by atoms with Crippen LogP contribution in [0.3, 0.4) is 0 Å². The number of hydrogen-bond donors (Lipinski definition) is 1. The largest absolute Gasteiger partial charge is 0.493 e. The first-order valence-corrected chi connectivity index (χ1v) is 9.89. The molecule has 1 aliphatic heterocycles. The Balaban J connectivity index is 1.66. The van der Waals surface area contributed by atoms with Gasteiger partial charge in [0, 0.05) is 47.2 Å². The Hall–Kier alpha value is -2.54. The highest BCUT2D eigenvalue weighted by molar-refractivity contribution is 9.10. The molecule has 3 aromatic rings. The van der Waals surface area contributed by atoms with Crippen LogP contribution in [-0.4, -0.2) is 36.1 Å². The number of ether oxygens (including phenoxy) is 2. The van der Waals surface area contributed by atoms with E-state index in [2.05, 4.69) is 20.9 Å². The maximum absolute atomic E-state index is 13.7. The lowest BCUT2D eigenvalue weighted by Gasteiger charge is -2.27. The lowest BCUT2D eigenvalue weighted by atomic mass is 10.0. The zero-order chi connectivity index (χ0) is 19.8. The van der Waals surface area contributed by atoms with Gasteiger partial charge in [-0.2, -0.15) is 0 Å². The molecule has 0 fully saturated rings. The molecule has 5 nitrogen and oxygen atoms in total. The normalized spacial score (nSPS) is 13.5. The minimum atomic E-state index is -0.280. The molecule has 1 N–H and O–H groups in total. The molecular weight excluding hydrogens is 427 g/mol. The van der Waals surface area contributed by atoms with Crippen molar-refractivity contribution in [3.63, 3.8) is 0 Å². The third-order valence-corrected chi connectivity index (χ3v) is 5.58. The number of rotatable bonds is 4. The van der Waals surface area contributed by atoms with Crippen LogP contribution >= 0.6 is 15.9 Å². The number of hydrogen-bond acceptors (Lipinski definition) is 3. The number of aromatic amines is 1.